The van der Waals surface area contributed by atoms with E-state index in [0.29, 0.717) is 4.91 Å². The molecule has 7 heteroatoms. The summed E-state index contributed by atoms with van der Waals surface area (Å²) in [6, 6.07) is 3.60. The van der Waals surface area contributed by atoms with E-state index in [4.69, 9.17) is 10.9 Å². The zero-order chi connectivity index (χ0) is 15.7. The van der Waals surface area contributed by atoms with Crippen LogP contribution in [0.15, 0.2) is 35.5 Å². The number of allylic oxidation sites excluding steroid dienone is 1. The SMILES string of the molecule is C[C@H](CO)N(N)C(=O)C1=CCC(c2ccnc3[nH]ccc23)S1. The van der Waals surface area contributed by atoms with Crippen molar-refractivity contribution in [3.05, 3.63) is 41.1 Å². The highest BCUT2D eigenvalue weighted by molar-refractivity contribution is 8.04. The normalized spacial score (nSPS) is 19.2. The molecule has 0 saturated heterocycles. The lowest BCUT2D eigenvalue weighted by atomic mass is 10.1. The summed E-state index contributed by atoms with van der Waals surface area (Å²) in [7, 11) is 0. The number of thioether (sulfide) groups is 1. The first-order chi connectivity index (χ1) is 10.6. The molecule has 0 fully saturated rings. The number of H-pyrrole nitrogens is 1. The molecule has 22 heavy (non-hydrogen) atoms. The molecule has 0 aromatic carbocycles. The lowest BCUT2D eigenvalue weighted by Crippen LogP contribution is -2.46. The number of aromatic amines is 1. The monoisotopic (exact) mass is 318 g/mol. The van der Waals surface area contributed by atoms with Crippen LogP contribution in [0, 0.1) is 0 Å². The van der Waals surface area contributed by atoms with Gasteiger partial charge in [0.25, 0.3) is 5.91 Å². The van der Waals surface area contributed by atoms with Crippen LogP contribution in [0.1, 0.15) is 24.2 Å². The van der Waals surface area contributed by atoms with Gasteiger partial charge >= 0.3 is 0 Å². The van der Waals surface area contributed by atoms with Crippen molar-refractivity contribution < 1.29 is 9.90 Å². The topological polar surface area (TPSA) is 95.2 Å². The second-order valence-electron chi connectivity index (χ2n) is 5.29. The summed E-state index contributed by atoms with van der Waals surface area (Å²) in [5.41, 5.74) is 2.02. The Kier molecular flexibility index (Phi) is 4.19. The number of nitrogens with zero attached hydrogens (tertiary/aromatic N) is 2. The number of nitrogens with two attached hydrogens (primary N) is 1. The molecular formula is C15H18N4O2S. The number of fused-ring (bicyclic) bond motifs is 1. The van der Waals surface area contributed by atoms with Gasteiger partial charge in [-0.3, -0.25) is 9.80 Å². The van der Waals surface area contributed by atoms with Gasteiger partial charge in [-0.2, -0.15) is 0 Å². The number of pyridine rings is 1. The Hall–Kier alpha value is -1.83. The molecule has 4 N–H and O–H groups in total. The van der Waals surface area contributed by atoms with Crippen LogP contribution in [-0.4, -0.2) is 38.6 Å². The van der Waals surface area contributed by atoms with Crippen molar-refractivity contribution in [3.63, 3.8) is 0 Å². The van der Waals surface area contributed by atoms with E-state index in [1.54, 1.807) is 13.1 Å². The average molecular weight is 318 g/mol. The van der Waals surface area contributed by atoms with Gasteiger partial charge < -0.3 is 10.1 Å². The van der Waals surface area contributed by atoms with Gasteiger partial charge in [0.1, 0.15) is 5.65 Å². The van der Waals surface area contributed by atoms with E-state index in [1.807, 2.05) is 24.4 Å². The third-order valence-electron chi connectivity index (χ3n) is 3.81. The molecule has 1 amide bonds. The fraction of sp³-hybridized carbons (Fsp3) is 0.333. The van der Waals surface area contributed by atoms with Crippen LogP contribution in [0.3, 0.4) is 0 Å². The average Bonchev–Trinajstić information content (AvgIpc) is 3.21. The van der Waals surface area contributed by atoms with E-state index in [0.717, 1.165) is 28.0 Å². The first kappa shape index (κ1) is 15.1. The minimum Gasteiger partial charge on any atom is -0.394 e. The van der Waals surface area contributed by atoms with Gasteiger partial charge in [-0.15, -0.1) is 11.8 Å². The molecule has 3 rings (SSSR count). The molecule has 6 nitrogen and oxygen atoms in total. The summed E-state index contributed by atoms with van der Waals surface area (Å²) < 4.78 is 0. The van der Waals surface area contributed by atoms with Gasteiger partial charge in [-0.05, 0) is 31.0 Å². The Morgan fingerprint density at radius 3 is 3.23 bits per heavy atom. The van der Waals surface area contributed by atoms with Gasteiger partial charge in [-0.1, -0.05) is 6.08 Å². The zero-order valence-electron chi connectivity index (χ0n) is 12.2. The number of amides is 1. The minimum absolute atomic E-state index is 0.155. The van der Waals surface area contributed by atoms with Crippen molar-refractivity contribution in [1.29, 1.82) is 0 Å². The first-order valence-electron chi connectivity index (χ1n) is 7.09. The van der Waals surface area contributed by atoms with Crippen molar-refractivity contribution in [2.24, 2.45) is 5.84 Å². The van der Waals surface area contributed by atoms with Crippen LogP contribution in [-0.2, 0) is 4.79 Å². The van der Waals surface area contributed by atoms with Gasteiger partial charge in [0, 0.05) is 23.0 Å². The maximum atomic E-state index is 12.3. The highest BCUT2D eigenvalue weighted by Crippen LogP contribution is 2.45. The molecule has 0 bridgehead atoms. The molecule has 0 spiro atoms. The number of hydrazine groups is 1. The molecule has 1 unspecified atom stereocenters. The fourth-order valence-electron chi connectivity index (χ4n) is 2.47. The summed E-state index contributed by atoms with van der Waals surface area (Å²) in [6.07, 6.45) is 6.33. The highest BCUT2D eigenvalue weighted by atomic mass is 32.2. The number of carbonyl (C=O) groups is 1. The third-order valence-corrected chi connectivity index (χ3v) is 5.14. The van der Waals surface area contributed by atoms with Crippen LogP contribution >= 0.6 is 11.8 Å². The first-order valence-corrected chi connectivity index (χ1v) is 7.97. The smallest absolute Gasteiger partial charge is 0.274 e. The number of aromatic nitrogens is 2. The molecule has 0 aliphatic carbocycles. The van der Waals surface area contributed by atoms with Crippen LogP contribution in [0.4, 0.5) is 0 Å². The predicted octanol–water partition coefficient (Wildman–Crippen LogP) is 1.71. The van der Waals surface area contributed by atoms with Gasteiger partial charge in [0.2, 0.25) is 0 Å². The number of nitrogens with one attached hydrogen (secondary N) is 1. The standard InChI is InChI=1S/C15H18N4O2S/c1-9(8-20)19(16)15(21)13-3-2-12(22-13)10-4-6-17-14-11(10)5-7-18-14/h3-7,9,12,20H,2,8,16H2,1H3,(H,17,18)/t9-,12?/m1/s1. The van der Waals surface area contributed by atoms with Crippen LogP contribution in [0.2, 0.25) is 0 Å². The van der Waals surface area contributed by atoms with Crippen LogP contribution in [0.25, 0.3) is 11.0 Å². The molecule has 2 aromatic rings. The Balaban J connectivity index is 1.77. The Bertz CT molecular complexity index is 727. The number of aliphatic hydroxyl groups excluding tert-OH is 1. The molecule has 0 radical (unpaired) electrons. The van der Waals surface area contributed by atoms with Crippen molar-refractivity contribution in [2.75, 3.05) is 6.61 Å². The second kappa shape index (κ2) is 6.12. The number of hydrogen-bond acceptors (Lipinski definition) is 5. The van der Waals surface area contributed by atoms with Crippen molar-refractivity contribution >= 4 is 28.7 Å². The number of hydrogen-bond donors (Lipinski definition) is 3. The molecule has 1 aliphatic rings. The van der Waals surface area contributed by atoms with E-state index in [2.05, 4.69) is 9.97 Å². The van der Waals surface area contributed by atoms with Gasteiger partial charge in [0.15, 0.2) is 0 Å². The molecule has 1 aliphatic heterocycles. The van der Waals surface area contributed by atoms with Crippen molar-refractivity contribution in [3.8, 4) is 0 Å². The Morgan fingerprint density at radius 2 is 2.45 bits per heavy atom. The molecule has 2 atom stereocenters. The number of rotatable bonds is 4. The van der Waals surface area contributed by atoms with Crippen LogP contribution < -0.4 is 5.84 Å². The van der Waals surface area contributed by atoms with E-state index in [-0.39, 0.29) is 17.8 Å². The molecule has 2 aromatic heterocycles. The summed E-state index contributed by atoms with van der Waals surface area (Å²) >= 11 is 1.51. The Labute approximate surface area is 132 Å². The Morgan fingerprint density at radius 1 is 1.64 bits per heavy atom. The summed E-state index contributed by atoms with van der Waals surface area (Å²) in [5, 5.41) is 11.5. The van der Waals surface area contributed by atoms with Gasteiger partial charge in [0.05, 0.1) is 17.6 Å². The van der Waals surface area contributed by atoms with E-state index in [9.17, 15) is 4.79 Å². The summed E-state index contributed by atoms with van der Waals surface area (Å²) in [5.74, 6) is 5.52. The van der Waals surface area contributed by atoms with Gasteiger partial charge in [-0.25, -0.2) is 10.8 Å². The largest absolute Gasteiger partial charge is 0.394 e. The molecular weight excluding hydrogens is 300 g/mol. The predicted molar refractivity (Wildman–Crippen MR) is 86.7 cm³/mol. The van der Waals surface area contributed by atoms with E-state index < -0.39 is 6.04 Å². The zero-order valence-corrected chi connectivity index (χ0v) is 13.0. The summed E-state index contributed by atoms with van der Waals surface area (Å²) in [4.78, 5) is 20.3. The number of carbonyl (C=O) groups excluding carboxylic acids is 1. The number of aliphatic hydroxyl groups is 1. The fourth-order valence-corrected chi connectivity index (χ4v) is 3.70. The lowest BCUT2D eigenvalue weighted by Gasteiger charge is -2.23. The van der Waals surface area contributed by atoms with E-state index >= 15 is 0 Å². The lowest BCUT2D eigenvalue weighted by molar-refractivity contribution is -0.129. The summed E-state index contributed by atoms with van der Waals surface area (Å²) in [6.45, 7) is 1.56. The molecule has 116 valence electrons. The van der Waals surface area contributed by atoms with E-state index in [1.165, 1.54) is 11.8 Å². The van der Waals surface area contributed by atoms with Crippen LogP contribution in [0.5, 0.6) is 0 Å². The van der Waals surface area contributed by atoms with Crippen molar-refractivity contribution in [2.45, 2.75) is 24.6 Å². The maximum Gasteiger partial charge on any atom is 0.274 e. The molecule has 3 heterocycles. The highest BCUT2D eigenvalue weighted by Gasteiger charge is 2.29. The minimum atomic E-state index is -0.398. The second-order valence-corrected chi connectivity index (χ2v) is 6.54. The molecule has 0 saturated carbocycles. The van der Waals surface area contributed by atoms with Crippen molar-refractivity contribution in [1.82, 2.24) is 15.0 Å². The third kappa shape index (κ3) is 2.63. The quantitative estimate of drug-likeness (QED) is 0.453. The maximum absolute atomic E-state index is 12.3.